The molecule has 6 heteroatoms. The van der Waals surface area contributed by atoms with Gasteiger partial charge in [0.15, 0.2) is 0 Å². The van der Waals surface area contributed by atoms with Crippen LogP contribution in [-0.4, -0.2) is 20.7 Å². The lowest BCUT2D eigenvalue weighted by Crippen LogP contribution is -2.07. The maximum absolute atomic E-state index is 10.9. The molecule has 0 bridgehead atoms. The monoisotopic (exact) mass is 232 g/mol. The van der Waals surface area contributed by atoms with Crippen LogP contribution in [0, 0.1) is 10.1 Å². The van der Waals surface area contributed by atoms with Gasteiger partial charge >= 0.3 is 6.09 Å². The molecule has 2 rings (SSSR count). The second-order valence-electron chi connectivity index (χ2n) is 3.35. The van der Waals surface area contributed by atoms with E-state index in [1.165, 1.54) is 30.5 Å². The first-order chi connectivity index (χ1) is 8.09. The Kier molecular flexibility index (Phi) is 2.61. The van der Waals surface area contributed by atoms with E-state index in [1.54, 1.807) is 12.1 Å². The molecule has 0 aliphatic rings. The molecule has 6 nitrogen and oxygen atoms in total. The summed E-state index contributed by atoms with van der Waals surface area (Å²) in [4.78, 5) is 20.9. The number of non-ortho nitro benzene ring substituents is 1. The van der Waals surface area contributed by atoms with Gasteiger partial charge in [0, 0.05) is 18.3 Å². The van der Waals surface area contributed by atoms with Crippen LogP contribution in [0.4, 0.5) is 10.5 Å². The van der Waals surface area contributed by atoms with Gasteiger partial charge in [-0.2, -0.15) is 0 Å². The fourth-order valence-electron chi connectivity index (χ4n) is 1.54. The zero-order valence-electron chi connectivity index (χ0n) is 8.61. The first-order valence-corrected chi connectivity index (χ1v) is 4.75. The van der Waals surface area contributed by atoms with Crippen LogP contribution in [-0.2, 0) is 0 Å². The van der Waals surface area contributed by atoms with Crippen LogP contribution in [0.3, 0.4) is 0 Å². The molecule has 1 aromatic heterocycles. The number of benzene rings is 1. The minimum absolute atomic E-state index is 0.0258. The van der Waals surface area contributed by atoms with Gasteiger partial charge in [-0.15, -0.1) is 0 Å². The molecule has 1 heterocycles. The summed E-state index contributed by atoms with van der Waals surface area (Å²) >= 11 is 0. The number of hydrogen-bond donors (Lipinski definition) is 1. The van der Waals surface area contributed by atoms with E-state index < -0.39 is 11.0 Å². The maximum Gasteiger partial charge on any atom is 0.415 e. The molecule has 2 aromatic rings. The van der Waals surface area contributed by atoms with Crippen LogP contribution in [0.15, 0.2) is 42.6 Å². The van der Waals surface area contributed by atoms with Crippen molar-refractivity contribution in [2.45, 2.75) is 0 Å². The van der Waals surface area contributed by atoms with Crippen molar-refractivity contribution in [1.29, 1.82) is 0 Å². The molecule has 0 fully saturated rings. The van der Waals surface area contributed by atoms with E-state index in [9.17, 15) is 14.9 Å². The highest BCUT2D eigenvalue weighted by Gasteiger charge is 2.10. The highest BCUT2D eigenvalue weighted by atomic mass is 16.6. The van der Waals surface area contributed by atoms with Gasteiger partial charge in [0.25, 0.3) is 5.69 Å². The number of carbonyl (C=O) groups is 1. The van der Waals surface area contributed by atoms with Crippen molar-refractivity contribution in [2.24, 2.45) is 0 Å². The molecule has 0 unspecified atom stereocenters. The predicted molar refractivity (Wildman–Crippen MR) is 59.9 cm³/mol. The standard InChI is InChI=1S/C11H8N2O4/c14-11(15)12-7-1-2-10(12)8-3-5-9(6-4-8)13(16)17/h1-7H,(H,14,15). The van der Waals surface area contributed by atoms with Gasteiger partial charge in [-0.05, 0) is 29.8 Å². The zero-order valence-corrected chi connectivity index (χ0v) is 8.61. The fourth-order valence-corrected chi connectivity index (χ4v) is 1.54. The quantitative estimate of drug-likeness (QED) is 0.636. The summed E-state index contributed by atoms with van der Waals surface area (Å²) in [6.07, 6.45) is 0.322. The summed E-state index contributed by atoms with van der Waals surface area (Å²) in [6, 6.07) is 8.96. The normalized spacial score (nSPS) is 10.1. The third-order valence-electron chi connectivity index (χ3n) is 2.33. The molecule has 17 heavy (non-hydrogen) atoms. The zero-order chi connectivity index (χ0) is 12.4. The van der Waals surface area contributed by atoms with E-state index in [0.29, 0.717) is 11.3 Å². The Morgan fingerprint density at radius 2 is 1.88 bits per heavy atom. The molecule has 86 valence electrons. The summed E-state index contributed by atoms with van der Waals surface area (Å²) < 4.78 is 1.06. The van der Waals surface area contributed by atoms with Crippen LogP contribution in [0.25, 0.3) is 11.3 Å². The van der Waals surface area contributed by atoms with Crippen molar-refractivity contribution in [3.63, 3.8) is 0 Å². The van der Waals surface area contributed by atoms with Crippen molar-refractivity contribution in [3.8, 4) is 11.3 Å². The van der Waals surface area contributed by atoms with Crippen LogP contribution in [0.5, 0.6) is 0 Å². The Morgan fingerprint density at radius 1 is 1.24 bits per heavy atom. The minimum atomic E-state index is -1.09. The van der Waals surface area contributed by atoms with Crippen LogP contribution >= 0.6 is 0 Å². The van der Waals surface area contributed by atoms with Crippen LogP contribution < -0.4 is 0 Å². The highest BCUT2D eigenvalue weighted by molar-refractivity contribution is 5.77. The van der Waals surface area contributed by atoms with Gasteiger partial charge in [-0.1, -0.05) is 0 Å². The minimum Gasteiger partial charge on any atom is -0.464 e. The van der Waals surface area contributed by atoms with Crippen molar-refractivity contribution in [2.75, 3.05) is 0 Å². The lowest BCUT2D eigenvalue weighted by atomic mass is 10.1. The Balaban J connectivity index is 2.43. The first kappa shape index (κ1) is 10.9. The molecule has 0 saturated carbocycles. The molecule has 0 aliphatic carbocycles. The molecule has 1 aromatic carbocycles. The number of carboxylic acid groups (broad SMARTS) is 1. The van der Waals surface area contributed by atoms with Crippen LogP contribution in [0.2, 0.25) is 0 Å². The third kappa shape index (κ3) is 2.00. The van der Waals surface area contributed by atoms with Crippen molar-refractivity contribution >= 4 is 11.8 Å². The fraction of sp³-hybridized carbons (Fsp3) is 0. The number of rotatable bonds is 2. The summed E-state index contributed by atoms with van der Waals surface area (Å²) in [5.74, 6) is 0. The Labute approximate surface area is 95.9 Å². The molecule has 0 atom stereocenters. The molecular formula is C11H8N2O4. The largest absolute Gasteiger partial charge is 0.464 e. The number of nitro groups is 1. The molecular weight excluding hydrogens is 224 g/mol. The first-order valence-electron chi connectivity index (χ1n) is 4.75. The average Bonchev–Trinajstić information content (AvgIpc) is 2.78. The Morgan fingerprint density at radius 3 is 2.41 bits per heavy atom. The molecule has 0 aliphatic heterocycles. The van der Waals surface area contributed by atoms with E-state index >= 15 is 0 Å². The molecule has 0 amide bonds. The summed E-state index contributed by atoms with van der Waals surface area (Å²) in [7, 11) is 0. The lowest BCUT2D eigenvalue weighted by molar-refractivity contribution is -0.384. The summed E-state index contributed by atoms with van der Waals surface area (Å²) in [6.45, 7) is 0. The van der Waals surface area contributed by atoms with Gasteiger partial charge in [0.2, 0.25) is 0 Å². The molecule has 0 spiro atoms. The average molecular weight is 232 g/mol. The van der Waals surface area contributed by atoms with Crippen molar-refractivity contribution in [1.82, 2.24) is 4.57 Å². The van der Waals surface area contributed by atoms with Crippen LogP contribution in [0.1, 0.15) is 0 Å². The van der Waals surface area contributed by atoms with E-state index in [1.807, 2.05) is 0 Å². The second-order valence-corrected chi connectivity index (χ2v) is 3.35. The molecule has 0 saturated heterocycles. The summed E-state index contributed by atoms with van der Waals surface area (Å²) in [5, 5.41) is 19.4. The lowest BCUT2D eigenvalue weighted by Gasteiger charge is -2.03. The topological polar surface area (TPSA) is 85.4 Å². The van der Waals surface area contributed by atoms with Gasteiger partial charge in [-0.25, -0.2) is 4.79 Å². The molecule has 0 radical (unpaired) electrons. The van der Waals surface area contributed by atoms with Gasteiger partial charge in [0.05, 0.1) is 10.6 Å². The predicted octanol–water partition coefficient (Wildman–Crippen LogP) is 2.59. The highest BCUT2D eigenvalue weighted by Crippen LogP contribution is 2.22. The van der Waals surface area contributed by atoms with Crippen molar-refractivity contribution in [3.05, 3.63) is 52.7 Å². The van der Waals surface area contributed by atoms with Gasteiger partial charge in [-0.3, -0.25) is 14.7 Å². The molecule has 1 N–H and O–H groups in total. The SMILES string of the molecule is O=C(O)n1cccc1-c1ccc([N+](=O)[O-])cc1. The number of aromatic nitrogens is 1. The maximum atomic E-state index is 10.9. The Hall–Kier alpha value is -2.63. The van der Waals surface area contributed by atoms with E-state index in [4.69, 9.17) is 5.11 Å². The van der Waals surface area contributed by atoms with E-state index in [2.05, 4.69) is 0 Å². The van der Waals surface area contributed by atoms with E-state index in [0.717, 1.165) is 4.57 Å². The van der Waals surface area contributed by atoms with Gasteiger partial charge in [0.1, 0.15) is 0 Å². The number of nitro benzene ring substituents is 1. The van der Waals surface area contributed by atoms with Gasteiger partial charge < -0.3 is 5.11 Å². The smallest absolute Gasteiger partial charge is 0.415 e. The third-order valence-corrected chi connectivity index (χ3v) is 2.33. The van der Waals surface area contributed by atoms with E-state index in [-0.39, 0.29) is 5.69 Å². The number of nitrogens with zero attached hydrogens (tertiary/aromatic N) is 2. The van der Waals surface area contributed by atoms with Crippen molar-refractivity contribution < 1.29 is 14.8 Å². The second kappa shape index (κ2) is 4.09. The number of hydrogen-bond acceptors (Lipinski definition) is 3. The Bertz CT molecular complexity index is 571. The summed E-state index contributed by atoms with van der Waals surface area (Å²) in [5.41, 5.74) is 1.07.